The predicted molar refractivity (Wildman–Crippen MR) is 69.0 cm³/mol. The molecule has 0 bridgehead atoms. The number of hydrogen-bond donors (Lipinski definition) is 1. The number of ether oxygens (including phenoxy) is 1. The normalized spacial score (nSPS) is 25.8. The van der Waals surface area contributed by atoms with Crippen LogP contribution < -0.4 is 0 Å². The number of hydrogen-bond acceptors (Lipinski definition) is 3. The summed E-state index contributed by atoms with van der Waals surface area (Å²) in [4.78, 5) is 2.58. The van der Waals surface area contributed by atoms with Crippen molar-refractivity contribution in [2.75, 3.05) is 39.5 Å². The maximum Gasteiger partial charge on any atom is 0.0472 e. The summed E-state index contributed by atoms with van der Waals surface area (Å²) >= 11 is 0. The molecule has 0 saturated carbocycles. The largest absolute Gasteiger partial charge is 0.396 e. The first-order valence-electron chi connectivity index (χ1n) is 7.19. The van der Waals surface area contributed by atoms with E-state index in [2.05, 4.69) is 11.8 Å². The first-order chi connectivity index (χ1) is 8.28. The van der Waals surface area contributed by atoms with Crippen molar-refractivity contribution in [3.63, 3.8) is 0 Å². The van der Waals surface area contributed by atoms with Crippen LogP contribution in [-0.4, -0.2) is 49.5 Å². The molecule has 3 heteroatoms. The molecule has 2 heterocycles. The van der Waals surface area contributed by atoms with E-state index in [-0.39, 0.29) is 0 Å². The molecule has 2 aliphatic rings. The highest BCUT2D eigenvalue weighted by molar-refractivity contribution is 4.96. The summed E-state index contributed by atoms with van der Waals surface area (Å²) in [6.07, 6.45) is 5.97. The minimum absolute atomic E-state index is 0.345. The van der Waals surface area contributed by atoms with Crippen molar-refractivity contribution in [3.8, 4) is 0 Å². The van der Waals surface area contributed by atoms with Crippen molar-refractivity contribution in [1.82, 2.24) is 4.90 Å². The fraction of sp³-hybridized carbons (Fsp3) is 1.00. The average Bonchev–Trinajstić information content (AvgIpc) is 2.29. The molecular weight excluding hydrogens is 214 g/mol. The van der Waals surface area contributed by atoms with Gasteiger partial charge in [0.25, 0.3) is 0 Å². The lowest BCUT2D eigenvalue weighted by Crippen LogP contribution is -2.59. The first kappa shape index (κ1) is 13.3. The molecule has 100 valence electrons. The van der Waals surface area contributed by atoms with Crippen molar-refractivity contribution in [1.29, 1.82) is 0 Å². The lowest BCUT2D eigenvalue weighted by atomic mass is 9.73. The van der Waals surface area contributed by atoms with Crippen LogP contribution in [0.25, 0.3) is 0 Å². The molecule has 1 spiro atoms. The van der Waals surface area contributed by atoms with Crippen LogP contribution in [0.5, 0.6) is 0 Å². The third kappa shape index (κ3) is 3.43. The molecule has 0 amide bonds. The number of rotatable bonds is 6. The predicted octanol–water partition coefficient (Wildman–Crippen LogP) is 1.90. The molecule has 0 aromatic rings. The first-order valence-corrected chi connectivity index (χ1v) is 7.19. The molecule has 2 rings (SSSR count). The maximum atomic E-state index is 9.07. The molecule has 0 aromatic heterocycles. The molecule has 1 N–H and O–H groups in total. The second-order valence-electron chi connectivity index (χ2n) is 5.95. The second-order valence-corrected chi connectivity index (χ2v) is 5.95. The van der Waals surface area contributed by atoms with Gasteiger partial charge in [0.15, 0.2) is 0 Å². The molecule has 2 aliphatic heterocycles. The summed E-state index contributed by atoms with van der Waals surface area (Å²) in [6, 6.07) is 0. The van der Waals surface area contributed by atoms with Gasteiger partial charge in [-0.05, 0) is 31.6 Å². The molecule has 1 atom stereocenters. The van der Waals surface area contributed by atoms with Gasteiger partial charge in [0, 0.05) is 44.9 Å². The van der Waals surface area contributed by atoms with Crippen LogP contribution in [-0.2, 0) is 4.74 Å². The van der Waals surface area contributed by atoms with E-state index in [1.807, 2.05) is 0 Å². The average molecular weight is 241 g/mol. The molecule has 0 aliphatic carbocycles. The van der Waals surface area contributed by atoms with E-state index in [0.29, 0.717) is 17.9 Å². The minimum atomic E-state index is 0.345. The Labute approximate surface area is 105 Å². The Bertz CT molecular complexity index is 212. The summed E-state index contributed by atoms with van der Waals surface area (Å²) < 4.78 is 5.44. The number of likely N-dealkylation sites (tertiary alicyclic amines) is 1. The summed E-state index contributed by atoms with van der Waals surface area (Å²) in [6.45, 7) is 8.23. The standard InChI is InChI=1S/C14H27NO2/c1-2-3-13(4-7-16)10-15-11-14(12-15)5-8-17-9-6-14/h13,16H,2-12H2,1H3. The lowest BCUT2D eigenvalue weighted by molar-refractivity contribution is -0.0860. The van der Waals surface area contributed by atoms with Gasteiger partial charge in [-0.15, -0.1) is 0 Å². The van der Waals surface area contributed by atoms with Gasteiger partial charge >= 0.3 is 0 Å². The lowest BCUT2D eigenvalue weighted by Gasteiger charge is -2.53. The Morgan fingerprint density at radius 3 is 2.53 bits per heavy atom. The third-order valence-electron chi connectivity index (χ3n) is 4.42. The number of nitrogens with zero attached hydrogens (tertiary/aromatic N) is 1. The Morgan fingerprint density at radius 2 is 1.94 bits per heavy atom. The van der Waals surface area contributed by atoms with Crippen molar-refractivity contribution >= 4 is 0 Å². The maximum absolute atomic E-state index is 9.07. The van der Waals surface area contributed by atoms with Gasteiger partial charge in [-0.3, -0.25) is 0 Å². The highest BCUT2D eigenvalue weighted by Gasteiger charge is 2.43. The number of aliphatic hydroxyl groups is 1. The van der Waals surface area contributed by atoms with Gasteiger partial charge in [0.05, 0.1) is 0 Å². The fourth-order valence-corrected chi connectivity index (χ4v) is 3.43. The molecule has 17 heavy (non-hydrogen) atoms. The second kappa shape index (κ2) is 6.17. The fourth-order valence-electron chi connectivity index (χ4n) is 3.43. The van der Waals surface area contributed by atoms with Crippen molar-refractivity contribution in [2.45, 2.75) is 39.0 Å². The molecule has 0 radical (unpaired) electrons. The monoisotopic (exact) mass is 241 g/mol. The molecular formula is C14H27NO2. The Balaban J connectivity index is 1.70. The van der Waals surface area contributed by atoms with E-state index in [0.717, 1.165) is 19.6 Å². The topological polar surface area (TPSA) is 32.7 Å². The van der Waals surface area contributed by atoms with Gasteiger partial charge in [-0.25, -0.2) is 0 Å². The molecule has 0 aromatic carbocycles. The molecule has 1 unspecified atom stereocenters. The van der Waals surface area contributed by atoms with E-state index >= 15 is 0 Å². The molecule has 3 nitrogen and oxygen atoms in total. The van der Waals surface area contributed by atoms with Crippen molar-refractivity contribution < 1.29 is 9.84 Å². The third-order valence-corrected chi connectivity index (χ3v) is 4.42. The smallest absolute Gasteiger partial charge is 0.0472 e. The molecule has 2 saturated heterocycles. The van der Waals surface area contributed by atoms with Crippen LogP contribution in [0.15, 0.2) is 0 Å². The van der Waals surface area contributed by atoms with E-state index in [1.165, 1.54) is 45.3 Å². The zero-order chi connectivity index (χ0) is 12.1. The van der Waals surface area contributed by atoms with Crippen LogP contribution in [0, 0.1) is 11.3 Å². The van der Waals surface area contributed by atoms with Gasteiger partial charge in [0.2, 0.25) is 0 Å². The highest BCUT2D eigenvalue weighted by atomic mass is 16.5. The van der Waals surface area contributed by atoms with Crippen molar-refractivity contribution in [2.24, 2.45) is 11.3 Å². The Hall–Kier alpha value is -0.120. The van der Waals surface area contributed by atoms with Gasteiger partial charge in [-0.2, -0.15) is 0 Å². The quantitative estimate of drug-likeness (QED) is 0.771. The zero-order valence-electron chi connectivity index (χ0n) is 11.2. The molecule has 2 fully saturated rings. The highest BCUT2D eigenvalue weighted by Crippen LogP contribution is 2.40. The van der Waals surface area contributed by atoms with Crippen LogP contribution in [0.3, 0.4) is 0 Å². The van der Waals surface area contributed by atoms with E-state index < -0.39 is 0 Å². The van der Waals surface area contributed by atoms with Crippen molar-refractivity contribution in [3.05, 3.63) is 0 Å². The van der Waals surface area contributed by atoms with E-state index in [9.17, 15) is 0 Å². The number of aliphatic hydroxyl groups excluding tert-OH is 1. The summed E-state index contributed by atoms with van der Waals surface area (Å²) in [5, 5.41) is 9.07. The zero-order valence-corrected chi connectivity index (χ0v) is 11.2. The van der Waals surface area contributed by atoms with Gasteiger partial charge in [0.1, 0.15) is 0 Å². The minimum Gasteiger partial charge on any atom is -0.396 e. The van der Waals surface area contributed by atoms with Crippen LogP contribution in [0.2, 0.25) is 0 Å². The van der Waals surface area contributed by atoms with Crippen LogP contribution >= 0.6 is 0 Å². The Morgan fingerprint density at radius 1 is 1.24 bits per heavy atom. The van der Waals surface area contributed by atoms with Gasteiger partial charge < -0.3 is 14.7 Å². The van der Waals surface area contributed by atoms with Crippen LogP contribution in [0.4, 0.5) is 0 Å². The van der Waals surface area contributed by atoms with Crippen LogP contribution in [0.1, 0.15) is 39.0 Å². The van der Waals surface area contributed by atoms with Gasteiger partial charge in [-0.1, -0.05) is 13.3 Å². The summed E-state index contributed by atoms with van der Waals surface area (Å²) in [5.74, 6) is 0.696. The summed E-state index contributed by atoms with van der Waals surface area (Å²) in [7, 11) is 0. The summed E-state index contributed by atoms with van der Waals surface area (Å²) in [5.41, 5.74) is 0.591. The SMILES string of the molecule is CCCC(CCO)CN1CC2(CCOCC2)C1. The van der Waals surface area contributed by atoms with E-state index in [4.69, 9.17) is 9.84 Å². The Kier molecular flexibility index (Phi) is 4.83. The van der Waals surface area contributed by atoms with E-state index in [1.54, 1.807) is 0 Å².